The number of hydrogen-bond acceptors (Lipinski definition) is 2. The molecule has 2 nitrogen and oxygen atoms in total. The summed E-state index contributed by atoms with van der Waals surface area (Å²) < 4.78 is 32.9. The summed E-state index contributed by atoms with van der Waals surface area (Å²) in [5, 5.41) is 10.5. The van der Waals surface area contributed by atoms with Gasteiger partial charge in [0, 0.05) is 12.8 Å². The maximum atomic E-state index is 13.7. The van der Waals surface area contributed by atoms with Crippen molar-refractivity contribution in [2.75, 3.05) is 0 Å². The Bertz CT molecular complexity index is 390. The van der Waals surface area contributed by atoms with Crippen molar-refractivity contribution in [3.05, 3.63) is 35.4 Å². The maximum Gasteiger partial charge on any atom is 0.132 e. The molecule has 0 aliphatic carbocycles. The number of benzene rings is 1. The van der Waals surface area contributed by atoms with Gasteiger partial charge >= 0.3 is 0 Å². The van der Waals surface area contributed by atoms with E-state index >= 15 is 0 Å². The highest BCUT2D eigenvalue weighted by atomic mass is 19.1. The summed E-state index contributed by atoms with van der Waals surface area (Å²) in [5.74, 6) is -1.40. The summed E-state index contributed by atoms with van der Waals surface area (Å²) in [6.45, 7) is 3.58. The lowest BCUT2D eigenvalue weighted by molar-refractivity contribution is -0.138. The van der Waals surface area contributed by atoms with Crippen LogP contribution in [0, 0.1) is 11.6 Å². The van der Waals surface area contributed by atoms with E-state index in [0.717, 1.165) is 0 Å². The van der Waals surface area contributed by atoms with E-state index in [9.17, 15) is 13.9 Å². The number of hydrogen-bond donors (Lipinski definition) is 1. The molecular formula is C13H16F2O2. The predicted molar refractivity (Wildman–Crippen MR) is 59.5 cm³/mol. The van der Waals surface area contributed by atoms with Crippen molar-refractivity contribution in [2.45, 2.75) is 44.5 Å². The van der Waals surface area contributed by atoms with Gasteiger partial charge in [0.25, 0.3) is 0 Å². The fourth-order valence-electron chi connectivity index (χ4n) is 2.67. The van der Waals surface area contributed by atoms with Crippen molar-refractivity contribution in [1.29, 1.82) is 0 Å². The Balaban J connectivity index is 2.43. The molecule has 1 N–H and O–H groups in total. The first-order valence-corrected chi connectivity index (χ1v) is 5.75. The van der Waals surface area contributed by atoms with Crippen LogP contribution in [0.1, 0.15) is 32.3 Å². The number of rotatable bonds is 1. The molecule has 1 fully saturated rings. The zero-order valence-electron chi connectivity index (χ0n) is 9.91. The Labute approximate surface area is 99.2 Å². The average Bonchev–Trinajstić information content (AvgIpc) is 2.13. The minimum Gasteiger partial charge on any atom is -0.385 e. The van der Waals surface area contributed by atoms with Crippen LogP contribution in [0.3, 0.4) is 0 Å². The lowest BCUT2D eigenvalue weighted by Crippen LogP contribution is -2.42. The normalized spacial score (nSPS) is 33.7. The van der Waals surface area contributed by atoms with Crippen LogP contribution >= 0.6 is 0 Å². The van der Waals surface area contributed by atoms with Gasteiger partial charge < -0.3 is 9.84 Å². The second kappa shape index (κ2) is 4.35. The summed E-state index contributed by atoms with van der Waals surface area (Å²) in [7, 11) is 0. The van der Waals surface area contributed by atoms with Gasteiger partial charge in [0.2, 0.25) is 0 Å². The van der Waals surface area contributed by atoms with Crippen LogP contribution < -0.4 is 0 Å². The molecule has 2 unspecified atom stereocenters. The van der Waals surface area contributed by atoms with Crippen LogP contribution in [-0.4, -0.2) is 17.3 Å². The molecule has 0 radical (unpaired) electrons. The van der Waals surface area contributed by atoms with Crippen LogP contribution in [0.5, 0.6) is 0 Å². The van der Waals surface area contributed by atoms with Crippen molar-refractivity contribution in [2.24, 2.45) is 0 Å². The smallest absolute Gasteiger partial charge is 0.132 e. The van der Waals surface area contributed by atoms with Crippen LogP contribution in [0.2, 0.25) is 0 Å². The highest BCUT2D eigenvalue weighted by Crippen LogP contribution is 2.39. The summed E-state index contributed by atoms with van der Waals surface area (Å²) in [4.78, 5) is 0. The Morgan fingerprint density at radius 2 is 1.65 bits per heavy atom. The van der Waals surface area contributed by atoms with E-state index in [1.807, 2.05) is 0 Å². The molecule has 94 valence electrons. The molecule has 1 saturated heterocycles. The summed E-state index contributed by atoms with van der Waals surface area (Å²) in [5.41, 5.74) is -1.71. The fourth-order valence-corrected chi connectivity index (χ4v) is 2.67. The first kappa shape index (κ1) is 12.5. The average molecular weight is 242 g/mol. The van der Waals surface area contributed by atoms with Gasteiger partial charge in [-0.25, -0.2) is 8.78 Å². The minimum atomic E-state index is -1.48. The molecule has 0 amide bonds. The third-order valence-electron chi connectivity index (χ3n) is 3.14. The Morgan fingerprint density at radius 1 is 1.18 bits per heavy atom. The van der Waals surface area contributed by atoms with E-state index in [1.54, 1.807) is 13.8 Å². The molecule has 0 spiro atoms. The topological polar surface area (TPSA) is 29.5 Å². The molecule has 1 aliphatic rings. The fraction of sp³-hybridized carbons (Fsp3) is 0.538. The largest absolute Gasteiger partial charge is 0.385 e. The van der Waals surface area contributed by atoms with Gasteiger partial charge in [-0.3, -0.25) is 0 Å². The first-order chi connectivity index (χ1) is 7.92. The standard InChI is InChI=1S/C13H16F2O2/c1-8-6-13(16,7-9(2)17-8)12-10(14)4-3-5-11(12)15/h3-5,8-9,16H,6-7H2,1-2H3. The minimum absolute atomic E-state index is 0.204. The molecule has 1 aliphatic heterocycles. The molecule has 0 aromatic heterocycles. The molecule has 0 saturated carbocycles. The van der Waals surface area contributed by atoms with Crippen LogP contribution in [0.15, 0.2) is 18.2 Å². The molecular weight excluding hydrogens is 226 g/mol. The highest BCUT2D eigenvalue weighted by Gasteiger charge is 2.41. The van der Waals surface area contributed by atoms with Crippen molar-refractivity contribution in [3.63, 3.8) is 0 Å². The molecule has 0 bridgehead atoms. The van der Waals surface area contributed by atoms with E-state index in [-0.39, 0.29) is 30.6 Å². The Hall–Kier alpha value is -1.00. The van der Waals surface area contributed by atoms with Crippen LogP contribution in [0.4, 0.5) is 8.78 Å². The van der Waals surface area contributed by atoms with Gasteiger partial charge in [-0.2, -0.15) is 0 Å². The maximum absolute atomic E-state index is 13.7. The molecule has 1 aromatic rings. The van der Waals surface area contributed by atoms with Crippen LogP contribution in [-0.2, 0) is 10.3 Å². The van der Waals surface area contributed by atoms with Gasteiger partial charge in [0.15, 0.2) is 0 Å². The second-order valence-electron chi connectivity index (χ2n) is 4.79. The second-order valence-corrected chi connectivity index (χ2v) is 4.79. The zero-order chi connectivity index (χ0) is 12.6. The van der Waals surface area contributed by atoms with Crippen molar-refractivity contribution < 1.29 is 18.6 Å². The molecule has 1 heterocycles. The zero-order valence-corrected chi connectivity index (χ0v) is 9.91. The molecule has 2 rings (SSSR count). The van der Waals surface area contributed by atoms with Crippen molar-refractivity contribution >= 4 is 0 Å². The van der Waals surface area contributed by atoms with Gasteiger partial charge in [-0.05, 0) is 26.0 Å². The van der Waals surface area contributed by atoms with E-state index in [1.165, 1.54) is 18.2 Å². The number of ether oxygens (including phenoxy) is 1. The van der Waals surface area contributed by atoms with Gasteiger partial charge in [0.05, 0.1) is 17.8 Å². The quantitative estimate of drug-likeness (QED) is 0.820. The summed E-state index contributed by atoms with van der Waals surface area (Å²) in [6.07, 6.45) is -0.0322. The lowest BCUT2D eigenvalue weighted by Gasteiger charge is -2.39. The predicted octanol–water partition coefficient (Wildman–Crippen LogP) is 2.74. The third-order valence-corrected chi connectivity index (χ3v) is 3.14. The molecule has 4 heteroatoms. The summed E-state index contributed by atoms with van der Waals surface area (Å²) in [6, 6.07) is 3.63. The van der Waals surface area contributed by atoms with E-state index in [4.69, 9.17) is 4.74 Å². The molecule has 17 heavy (non-hydrogen) atoms. The van der Waals surface area contributed by atoms with E-state index in [0.29, 0.717) is 0 Å². The summed E-state index contributed by atoms with van der Waals surface area (Å²) >= 11 is 0. The molecule has 2 atom stereocenters. The van der Waals surface area contributed by atoms with Gasteiger partial charge in [0.1, 0.15) is 17.2 Å². The van der Waals surface area contributed by atoms with E-state index in [2.05, 4.69) is 0 Å². The van der Waals surface area contributed by atoms with Crippen LogP contribution in [0.25, 0.3) is 0 Å². The first-order valence-electron chi connectivity index (χ1n) is 5.75. The SMILES string of the molecule is CC1CC(O)(c2c(F)cccc2F)CC(C)O1. The van der Waals surface area contributed by atoms with Crippen molar-refractivity contribution in [3.8, 4) is 0 Å². The van der Waals surface area contributed by atoms with Gasteiger partial charge in [-0.15, -0.1) is 0 Å². The third kappa shape index (κ3) is 2.33. The number of halogens is 2. The van der Waals surface area contributed by atoms with Gasteiger partial charge in [-0.1, -0.05) is 6.07 Å². The lowest BCUT2D eigenvalue weighted by atomic mass is 9.81. The van der Waals surface area contributed by atoms with E-state index < -0.39 is 17.2 Å². The monoisotopic (exact) mass is 242 g/mol. The van der Waals surface area contributed by atoms with Crippen molar-refractivity contribution in [1.82, 2.24) is 0 Å². The molecule has 1 aromatic carbocycles. The Morgan fingerprint density at radius 3 is 2.12 bits per heavy atom. The number of aliphatic hydroxyl groups is 1. The highest BCUT2D eigenvalue weighted by molar-refractivity contribution is 5.27. The Kier molecular flexibility index (Phi) is 3.19.